The van der Waals surface area contributed by atoms with Crippen LogP contribution in [0.1, 0.15) is 35.2 Å². The van der Waals surface area contributed by atoms with Crippen LogP contribution in [0, 0.1) is 18.3 Å². The Bertz CT molecular complexity index is 477. The minimum atomic E-state index is 0.614. The van der Waals surface area contributed by atoms with E-state index in [0.717, 1.165) is 24.1 Å². The van der Waals surface area contributed by atoms with E-state index in [1.54, 1.807) is 7.11 Å². The number of pyridine rings is 1. The molecule has 96 valence electrons. The molecule has 1 N–H and O–H groups in total. The van der Waals surface area contributed by atoms with Crippen molar-refractivity contribution in [3.05, 3.63) is 22.4 Å². The summed E-state index contributed by atoms with van der Waals surface area (Å²) in [6.07, 6.45) is 4.43. The molecule has 4 nitrogen and oxygen atoms in total. The first-order chi connectivity index (χ1) is 8.77. The molecular formula is C14H19N3O. The zero-order chi connectivity index (χ0) is 13.0. The number of aromatic nitrogens is 1. The van der Waals surface area contributed by atoms with Crippen molar-refractivity contribution in [3.8, 4) is 6.07 Å². The van der Waals surface area contributed by atoms with Crippen molar-refractivity contribution in [2.75, 3.05) is 25.6 Å². The molecule has 18 heavy (non-hydrogen) atoms. The largest absolute Gasteiger partial charge is 0.383 e. The molecule has 0 spiro atoms. The van der Waals surface area contributed by atoms with Crippen molar-refractivity contribution in [2.24, 2.45) is 0 Å². The highest BCUT2D eigenvalue weighted by Crippen LogP contribution is 2.29. The third-order valence-corrected chi connectivity index (χ3v) is 3.43. The van der Waals surface area contributed by atoms with Crippen molar-refractivity contribution in [1.29, 1.82) is 5.26 Å². The molecule has 1 aliphatic carbocycles. The van der Waals surface area contributed by atoms with Gasteiger partial charge in [0.1, 0.15) is 11.9 Å². The highest BCUT2D eigenvalue weighted by Gasteiger charge is 2.19. The molecule has 0 unspecified atom stereocenters. The van der Waals surface area contributed by atoms with E-state index in [1.807, 2.05) is 6.92 Å². The quantitative estimate of drug-likeness (QED) is 0.826. The van der Waals surface area contributed by atoms with E-state index < -0.39 is 0 Å². The third kappa shape index (κ3) is 2.46. The van der Waals surface area contributed by atoms with Gasteiger partial charge >= 0.3 is 0 Å². The van der Waals surface area contributed by atoms with Crippen LogP contribution >= 0.6 is 0 Å². The Labute approximate surface area is 108 Å². The predicted molar refractivity (Wildman–Crippen MR) is 70.7 cm³/mol. The van der Waals surface area contributed by atoms with Crippen molar-refractivity contribution < 1.29 is 4.74 Å². The molecule has 0 aliphatic heterocycles. The number of methoxy groups -OCH3 is 1. The SMILES string of the molecule is COCCNc1nc(C)c2c(c1C#N)CCCC2. The van der Waals surface area contributed by atoms with Gasteiger partial charge in [0.2, 0.25) is 0 Å². The Morgan fingerprint density at radius 1 is 1.33 bits per heavy atom. The third-order valence-electron chi connectivity index (χ3n) is 3.43. The second kappa shape index (κ2) is 5.83. The topological polar surface area (TPSA) is 57.9 Å². The van der Waals surface area contributed by atoms with Gasteiger partial charge in [-0.15, -0.1) is 0 Å². The van der Waals surface area contributed by atoms with Crippen LogP contribution in [0.3, 0.4) is 0 Å². The van der Waals surface area contributed by atoms with E-state index in [4.69, 9.17) is 4.74 Å². The summed E-state index contributed by atoms with van der Waals surface area (Å²) in [5, 5.41) is 12.6. The Morgan fingerprint density at radius 2 is 2.06 bits per heavy atom. The average molecular weight is 245 g/mol. The molecular weight excluding hydrogens is 226 g/mol. The van der Waals surface area contributed by atoms with E-state index in [0.29, 0.717) is 19.0 Å². The monoisotopic (exact) mass is 245 g/mol. The first-order valence-corrected chi connectivity index (χ1v) is 6.43. The van der Waals surface area contributed by atoms with E-state index in [-0.39, 0.29) is 0 Å². The molecule has 0 radical (unpaired) electrons. The van der Waals surface area contributed by atoms with Crippen LogP contribution in [-0.4, -0.2) is 25.2 Å². The summed E-state index contributed by atoms with van der Waals surface area (Å²) < 4.78 is 5.01. The molecule has 2 rings (SSSR count). The predicted octanol–water partition coefficient (Wildman–Crippen LogP) is 2.20. The normalized spacial score (nSPS) is 13.8. The molecule has 1 aliphatic rings. The van der Waals surface area contributed by atoms with Gasteiger partial charge in [-0.3, -0.25) is 0 Å². The van der Waals surface area contributed by atoms with Crippen molar-refractivity contribution in [2.45, 2.75) is 32.6 Å². The first-order valence-electron chi connectivity index (χ1n) is 6.43. The standard InChI is InChI=1S/C14H19N3O/c1-10-11-5-3-4-6-12(11)13(9-15)14(17-10)16-7-8-18-2/h3-8H2,1-2H3,(H,16,17). The lowest BCUT2D eigenvalue weighted by Crippen LogP contribution is -2.15. The van der Waals surface area contributed by atoms with Gasteiger partial charge in [-0.05, 0) is 43.7 Å². The van der Waals surface area contributed by atoms with Crippen molar-refractivity contribution >= 4 is 5.82 Å². The van der Waals surface area contributed by atoms with Crippen LogP contribution in [-0.2, 0) is 17.6 Å². The summed E-state index contributed by atoms with van der Waals surface area (Å²) in [5.41, 5.74) is 4.28. The maximum absolute atomic E-state index is 9.36. The van der Waals surface area contributed by atoms with Crippen LogP contribution in [0.4, 0.5) is 5.82 Å². The zero-order valence-corrected chi connectivity index (χ0v) is 11.0. The Kier molecular flexibility index (Phi) is 4.16. The molecule has 0 saturated heterocycles. The Morgan fingerprint density at radius 3 is 2.72 bits per heavy atom. The molecule has 4 heteroatoms. The van der Waals surface area contributed by atoms with Crippen LogP contribution in [0.25, 0.3) is 0 Å². The average Bonchev–Trinajstić information content (AvgIpc) is 2.39. The number of hydrogen-bond acceptors (Lipinski definition) is 4. The molecule has 1 aromatic rings. The maximum Gasteiger partial charge on any atom is 0.144 e. The van der Waals surface area contributed by atoms with Gasteiger partial charge in [0.05, 0.1) is 12.2 Å². The van der Waals surface area contributed by atoms with E-state index in [9.17, 15) is 5.26 Å². The number of fused-ring (bicyclic) bond motifs is 1. The number of anilines is 1. The van der Waals surface area contributed by atoms with E-state index >= 15 is 0 Å². The Balaban J connectivity index is 2.35. The number of nitrogens with zero attached hydrogens (tertiary/aromatic N) is 2. The minimum absolute atomic E-state index is 0.614. The maximum atomic E-state index is 9.36. The smallest absolute Gasteiger partial charge is 0.144 e. The van der Waals surface area contributed by atoms with E-state index in [1.165, 1.54) is 24.0 Å². The number of rotatable bonds is 4. The highest BCUT2D eigenvalue weighted by atomic mass is 16.5. The number of hydrogen-bond donors (Lipinski definition) is 1. The van der Waals surface area contributed by atoms with Gasteiger partial charge < -0.3 is 10.1 Å². The second-order valence-electron chi connectivity index (χ2n) is 4.62. The number of ether oxygens (including phenoxy) is 1. The van der Waals surface area contributed by atoms with Crippen LogP contribution in [0.5, 0.6) is 0 Å². The van der Waals surface area contributed by atoms with Gasteiger partial charge in [0.15, 0.2) is 0 Å². The summed E-state index contributed by atoms with van der Waals surface area (Å²) in [4.78, 5) is 4.54. The van der Waals surface area contributed by atoms with Gasteiger partial charge in [-0.2, -0.15) is 5.26 Å². The van der Waals surface area contributed by atoms with Gasteiger partial charge in [-0.25, -0.2) is 4.98 Å². The summed E-state index contributed by atoms with van der Waals surface area (Å²) in [6.45, 7) is 3.33. The van der Waals surface area contributed by atoms with Gasteiger partial charge in [0.25, 0.3) is 0 Å². The summed E-state index contributed by atoms with van der Waals surface area (Å²) in [5.74, 6) is 0.715. The van der Waals surface area contributed by atoms with Gasteiger partial charge in [0, 0.05) is 19.3 Å². The fourth-order valence-electron chi connectivity index (χ4n) is 2.53. The molecule has 0 saturated carbocycles. The lowest BCUT2D eigenvalue weighted by atomic mass is 9.88. The first kappa shape index (κ1) is 12.8. The van der Waals surface area contributed by atoms with Crippen LogP contribution in [0.15, 0.2) is 0 Å². The summed E-state index contributed by atoms with van der Waals surface area (Å²) in [6, 6.07) is 2.31. The molecule has 0 aromatic carbocycles. The molecule has 0 fully saturated rings. The van der Waals surface area contributed by atoms with E-state index in [2.05, 4.69) is 16.4 Å². The number of aryl methyl sites for hydroxylation is 1. The van der Waals surface area contributed by atoms with Crippen molar-refractivity contribution in [3.63, 3.8) is 0 Å². The molecule has 1 heterocycles. The summed E-state index contributed by atoms with van der Waals surface area (Å²) >= 11 is 0. The molecule has 1 aromatic heterocycles. The minimum Gasteiger partial charge on any atom is -0.383 e. The Hall–Kier alpha value is -1.60. The zero-order valence-electron chi connectivity index (χ0n) is 11.0. The number of nitriles is 1. The fraction of sp³-hybridized carbons (Fsp3) is 0.571. The molecule has 0 bridgehead atoms. The summed E-state index contributed by atoms with van der Waals surface area (Å²) in [7, 11) is 1.67. The molecule has 0 amide bonds. The van der Waals surface area contributed by atoms with Crippen LogP contribution < -0.4 is 5.32 Å². The van der Waals surface area contributed by atoms with Crippen LogP contribution in [0.2, 0.25) is 0 Å². The fourth-order valence-corrected chi connectivity index (χ4v) is 2.53. The number of nitrogens with one attached hydrogen (secondary N) is 1. The lowest BCUT2D eigenvalue weighted by Gasteiger charge is -2.21. The van der Waals surface area contributed by atoms with Crippen molar-refractivity contribution in [1.82, 2.24) is 4.98 Å². The second-order valence-corrected chi connectivity index (χ2v) is 4.62. The molecule has 0 atom stereocenters. The lowest BCUT2D eigenvalue weighted by molar-refractivity contribution is 0.210. The van der Waals surface area contributed by atoms with Gasteiger partial charge in [-0.1, -0.05) is 0 Å². The highest BCUT2D eigenvalue weighted by molar-refractivity contribution is 5.60.